The van der Waals surface area contributed by atoms with Gasteiger partial charge in [-0.1, -0.05) is 52.5 Å². The highest BCUT2D eigenvalue weighted by Crippen LogP contribution is 2.31. The van der Waals surface area contributed by atoms with Crippen LogP contribution in [0, 0.1) is 0 Å². The highest BCUT2D eigenvalue weighted by Gasteiger charge is 2.37. The molecule has 3 rings (SSSR count). The average Bonchev–Trinajstić information content (AvgIpc) is 2.89. The minimum Gasteiger partial charge on any atom is -0.454 e. The standard InChI is InChI=1S/C18H10Cl4N2O5/c19-10-2-1-3-13(16(10)22)23-14(25)7-29-15(26)6-24-17(27)8-4-11(20)12(21)5-9(8)18(24)28/h1-5H,6-7H2,(H,23,25). The number of halogens is 4. The number of ether oxygens (including phenoxy) is 1. The number of nitrogens with one attached hydrogen (secondary N) is 1. The van der Waals surface area contributed by atoms with Crippen LogP contribution in [-0.2, 0) is 14.3 Å². The van der Waals surface area contributed by atoms with Crippen LogP contribution in [-0.4, -0.2) is 41.7 Å². The van der Waals surface area contributed by atoms with Gasteiger partial charge in [0.2, 0.25) is 0 Å². The van der Waals surface area contributed by atoms with Crippen LogP contribution in [0.4, 0.5) is 5.69 Å². The summed E-state index contributed by atoms with van der Waals surface area (Å²) in [6, 6.07) is 7.15. The second-order valence-corrected chi connectivity index (χ2v) is 7.42. The summed E-state index contributed by atoms with van der Waals surface area (Å²) >= 11 is 23.5. The summed E-state index contributed by atoms with van der Waals surface area (Å²) < 4.78 is 4.83. The zero-order valence-corrected chi connectivity index (χ0v) is 17.3. The van der Waals surface area contributed by atoms with E-state index in [4.69, 9.17) is 51.1 Å². The molecule has 0 atom stereocenters. The molecule has 11 heteroatoms. The number of carbonyl (C=O) groups excluding carboxylic acids is 4. The minimum absolute atomic E-state index is 0.0329. The second kappa shape index (κ2) is 8.59. The lowest BCUT2D eigenvalue weighted by Crippen LogP contribution is -2.36. The van der Waals surface area contributed by atoms with Crippen LogP contribution in [0.25, 0.3) is 0 Å². The fourth-order valence-corrected chi connectivity index (χ4v) is 3.21. The third-order valence-electron chi connectivity index (χ3n) is 3.89. The van der Waals surface area contributed by atoms with Gasteiger partial charge in [0.15, 0.2) is 6.61 Å². The topological polar surface area (TPSA) is 92.8 Å². The van der Waals surface area contributed by atoms with E-state index in [2.05, 4.69) is 5.32 Å². The number of carbonyl (C=O) groups is 4. The summed E-state index contributed by atoms with van der Waals surface area (Å²) in [5.41, 5.74) is 0.311. The van der Waals surface area contributed by atoms with E-state index in [1.165, 1.54) is 18.2 Å². The zero-order chi connectivity index (χ0) is 21.3. The summed E-state index contributed by atoms with van der Waals surface area (Å²) in [6.45, 7) is -1.32. The molecule has 3 amide bonds. The summed E-state index contributed by atoms with van der Waals surface area (Å²) in [5, 5.41) is 3.02. The highest BCUT2D eigenvalue weighted by atomic mass is 35.5. The number of hydrogen-bond acceptors (Lipinski definition) is 5. The van der Waals surface area contributed by atoms with Crippen LogP contribution in [0.15, 0.2) is 30.3 Å². The van der Waals surface area contributed by atoms with E-state index < -0.39 is 36.8 Å². The molecule has 1 N–H and O–H groups in total. The molecule has 29 heavy (non-hydrogen) atoms. The van der Waals surface area contributed by atoms with Gasteiger partial charge in [0.1, 0.15) is 6.54 Å². The van der Waals surface area contributed by atoms with Crippen molar-refractivity contribution < 1.29 is 23.9 Å². The van der Waals surface area contributed by atoms with Crippen LogP contribution < -0.4 is 5.32 Å². The predicted octanol–water partition coefficient (Wildman–Crippen LogP) is 4.08. The van der Waals surface area contributed by atoms with Crippen molar-refractivity contribution in [2.24, 2.45) is 0 Å². The Kier molecular flexibility index (Phi) is 6.33. The fourth-order valence-electron chi connectivity index (χ4n) is 2.53. The molecule has 0 spiro atoms. The lowest BCUT2D eigenvalue weighted by Gasteiger charge is -2.13. The van der Waals surface area contributed by atoms with Crippen molar-refractivity contribution in [1.82, 2.24) is 4.90 Å². The largest absolute Gasteiger partial charge is 0.454 e. The number of rotatable bonds is 5. The normalized spacial score (nSPS) is 12.8. The number of anilines is 1. The first-order chi connectivity index (χ1) is 13.7. The Morgan fingerprint density at radius 1 is 0.931 bits per heavy atom. The van der Waals surface area contributed by atoms with Crippen LogP contribution in [0.5, 0.6) is 0 Å². The van der Waals surface area contributed by atoms with Crippen molar-refractivity contribution in [3.8, 4) is 0 Å². The molecule has 7 nitrogen and oxygen atoms in total. The van der Waals surface area contributed by atoms with E-state index in [0.29, 0.717) is 4.90 Å². The van der Waals surface area contributed by atoms with Crippen LogP contribution in [0.1, 0.15) is 20.7 Å². The number of amides is 3. The monoisotopic (exact) mass is 474 g/mol. The Balaban J connectivity index is 1.58. The quantitative estimate of drug-likeness (QED) is 0.519. The minimum atomic E-state index is -0.955. The van der Waals surface area contributed by atoms with E-state index >= 15 is 0 Å². The summed E-state index contributed by atoms with van der Waals surface area (Å²) in [4.78, 5) is 49.3. The Labute approximate surface area is 184 Å². The van der Waals surface area contributed by atoms with E-state index in [9.17, 15) is 19.2 Å². The maximum absolute atomic E-state index is 12.3. The molecule has 0 saturated heterocycles. The molecule has 1 aliphatic heterocycles. The molecule has 0 fully saturated rings. The third kappa shape index (κ3) is 4.48. The van der Waals surface area contributed by atoms with E-state index in [-0.39, 0.29) is 36.9 Å². The first kappa shape index (κ1) is 21.4. The summed E-state index contributed by atoms with van der Waals surface area (Å²) in [6.07, 6.45) is 0. The zero-order valence-electron chi connectivity index (χ0n) is 14.3. The van der Waals surface area contributed by atoms with Gasteiger partial charge in [-0.3, -0.25) is 24.1 Å². The molecule has 1 heterocycles. The van der Waals surface area contributed by atoms with E-state index in [1.54, 1.807) is 12.1 Å². The lowest BCUT2D eigenvalue weighted by atomic mass is 10.1. The van der Waals surface area contributed by atoms with Crippen molar-refractivity contribution in [3.05, 3.63) is 61.5 Å². The molecule has 1 aliphatic rings. The van der Waals surface area contributed by atoms with Crippen molar-refractivity contribution in [2.75, 3.05) is 18.5 Å². The maximum atomic E-state index is 12.3. The molecule has 0 bridgehead atoms. The molecule has 150 valence electrons. The maximum Gasteiger partial charge on any atom is 0.326 e. The van der Waals surface area contributed by atoms with Gasteiger partial charge in [0.05, 0.1) is 36.9 Å². The number of hydrogen-bond donors (Lipinski definition) is 1. The SMILES string of the molecule is O=C(COC(=O)CN1C(=O)c2cc(Cl)c(Cl)cc2C1=O)Nc1cccc(Cl)c1Cl. The van der Waals surface area contributed by atoms with Gasteiger partial charge in [0, 0.05) is 0 Å². The number of imide groups is 1. The molecular weight excluding hydrogens is 466 g/mol. The van der Waals surface area contributed by atoms with Crippen LogP contribution in [0.3, 0.4) is 0 Å². The van der Waals surface area contributed by atoms with Gasteiger partial charge < -0.3 is 10.1 Å². The number of benzene rings is 2. The van der Waals surface area contributed by atoms with Crippen molar-refractivity contribution in [1.29, 1.82) is 0 Å². The summed E-state index contributed by atoms with van der Waals surface area (Å²) in [5.74, 6) is -3.06. The molecule has 0 radical (unpaired) electrons. The molecule has 0 aromatic heterocycles. The van der Waals surface area contributed by atoms with Gasteiger partial charge in [-0.05, 0) is 24.3 Å². The Hall–Kier alpha value is -2.32. The predicted molar refractivity (Wildman–Crippen MR) is 108 cm³/mol. The number of nitrogens with zero attached hydrogens (tertiary/aromatic N) is 1. The smallest absolute Gasteiger partial charge is 0.326 e. The lowest BCUT2D eigenvalue weighted by molar-refractivity contribution is -0.147. The molecule has 0 aliphatic carbocycles. The van der Waals surface area contributed by atoms with Crippen LogP contribution in [0.2, 0.25) is 20.1 Å². The Morgan fingerprint density at radius 2 is 1.52 bits per heavy atom. The van der Waals surface area contributed by atoms with Gasteiger partial charge >= 0.3 is 5.97 Å². The van der Waals surface area contributed by atoms with Gasteiger partial charge in [-0.15, -0.1) is 0 Å². The molecule has 2 aromatic rings. The second-order valence-electron chi connectivity index (χ2n) is 5.82. The van der Waals surface area contributed by atoms with Gasteiger partial charge in [-0.25, -0.2) is 0 Å². The van der Waals surface area contributed by atoms with Crippen molar-refractivity contribution >= 4 is 75.8 Å². The van der Waals surface area contributed by atoms with Crippen LogP contribution >= 0.6 is 46.4 Å². The van der Waals surface area contributed by atoms with Crippen molar-refractivity contribution in [2.45, 2.75) is 0 Å². The first-order valence-electron chi connectivity index (χ1n) is 7.93. The third-order valence-corrected chi connectivity index (χ3v) is 5.43. The number of fused-ring (bicyclic) bond motifs is 1. The van der Waals surface area contributed by atoms with E-state index in [0.717, 1.165) is 0 Å². The van der Waals surface area contributed by atoms with Gasteiger partial charge in [0.25, 0.3) is 17.7 Å². The average molecular weight is 476 g/mol. The Bertz CT molecular complexity index is 1020. The van der Waals surface area contributed by atoms with E-state index in [1.807, 2.05) is 0 Å². The molecule has 0 unspecified atom stereocenters. The molecule has 2 aromatic carbocycles. The molecular formula is C18H10Cl4N2O5. The van der Waals surface area contributed by atoms with Crippen molar-refractivity contribution in [3.63, 3.8) is 0 Å². The fraction of sp³-hybridized carbons (Fsp3) is 0.111. The van der Waals surface area contributed by atoms with Gasteiger partial charge in [-0.2, -0.15) is 0 Å². The highest BCUT2D eigenvalue weighted by molar-refractivity contribution is 6.44. The number of esters is 1. The molecule has 0 saturated carbocycles. The first-order valence-corrected chi connectivity index (χ1v) is 9.45. The Morgan fingerprint density at radius 3 is 2.10 bits per heavy atom. The summed E-state index contributed by atoms with van der Waals surface area (Å²) in [7, 11) is 0.